The minimum atomic E-state index is -1.03. The number of urea groups is 1. The maximum absolute atomic E-state index is 14.1. The van der Waals surface area contributed by atoms with Gasteiger partial charge in [0.25, 0.3) is 5.91 Å². The van der Waals surface area contributed by atoms with Gasteiger partial charge in [0.1, 0.15) is 12.1 Å². The standard InChI is InChI=1S/C32H53N5O6/c1-12-14-20(25(39)28(41)33-15-13-2)34-27(40)23-21-19(32(21,10)11)16-37(23)29(42)26(31(7,8)9)36-30(43)35-22(17(3)4)24(38)18(5)6/h13,17-23,26H,2,12,14-16H2,1,3-11H3,(H,33,41)(H,34,40)(H2,35,36,43)/t19-,20?,21-,22-,23-,26+/m0/s1. The number of carbonyl (C=O) groups excluding carboxylic acids is 6. The molecule has 0 aromatic heterocycles. The number of hydrogen-bond donors (Lipinski definition) is 4. The summed E-state index contributed by atoms with van der Waals surface area (Å²) in [5.74, 6) is -3.04. The number of Topliss-reactive ketones (excluding diaryl/α,β-unsaturated/α-hetero) is 2. The van der Waals surface area contributed by atoms with Crippen molar-refractivity contribution in [2.24, 2.45) is 34.5 Å². The molecule has 11 nitrogen and oxygen atoms in total. The Hall–Kier alpha value is -3.24. The molecule has 0 radical (unpaired) electrons. The molecule has 43 heavy (non-hydrogen) atoms. The van der Waals surface area contributed by atoms with E-state index in [9.17, 15) is 28.8 Å². The highest BCUT2D eigenvalue weighted by Gasteiger charge is 2.70. The number of amides is 5. The van der Waals surface area contributed by atoms with Gasteiger partial charge in [0.15, 0.2) is 5.78 Å². The molecule has 1 aliphatic carbocycles. The predicted molar refractivity (Wildman–Crippen MR) is 165 cm³/mol. The van der Waals surface area contributed by atoms with Gasteiger partial charge in [-0.3, -0.25) is 24.0 Å². The lowest BCUT2D eigenvalue weighted by molar-refractivity contribution is -0.145. The van der Waals surface area contributed by atoms with Crippen LogP contribution >= 0.6 is 0 Å². The fourth-order valence-corrected chi connectivity index (χ4v) is 6.09. The summed E-state index contributed by atoms with van der Waals surface area (Å²) in [6, 6.07) is -4.24. The van der Waals surface area contributed by atoms with E-state index in [1.54, 1.807) is 13.8 Å². The maximum Gasteiger partial charge on any atom is 0.316 e. The molecular weight excluding hydrogens is 550 g/mol. The average Bonchev–Trinajstić information content (AvgIpc) is 3.23. The molecule has 2 rings (SSSR count). The molecule has 2 fully saturated rings. The molecule has 6 atom stereocenters. The summed E-state index contributed by atoms with van der Waals surface area (Å²) in [6.45, 7) is 22.6. The van der Waals surface area contributed by atoms with Crippen LogP contribution in [0.1, 0.15) is 82.1 Å². The van der Waals surface area contributed by atoms with E-state index >= 15 is 0 Å². The van der Waals surface area contributed by atoms with Crippen LogP contribution in [0, 0.1) is 34.5 Å². The summed E-state index contributed by atoms with van der Waals surface area (Å²) in [4.78, 5) is 80.7. The van der Waals surface area contributed by atoms with Crippen LogP contribution in [0.2, 0.25) is 0 Å². The predicted octanol–water partition coefficient (Wildman–Crippen LogP) is 2.59. The highest BCUT2D eigenvalue weighted by Crippen LogP contribution is 2.65. The van der Waals surface area contributed by atoms with Crippen LogP contribution in [0.15, 0.2) is 12.7 Å². The smallest absolute Gasteiger partial charge is 0.316 e. The van der Waals surface area contributed by atoms with Crippen molar-refractivity contribution in [1.82, 2.24) is 26.2 Å². The van der Waals surface area contributed by atoms with Crippen molar-refractivity contribution >= 4 is 35.3 Å². The van der Waals surface area contributed by atoms with E-state index in [-0.39, 0.29) is 47.8 Å². The molecule has 1 aliphatic heterocycles. The molecule has 4 N–H and O–H groups in total. The highest BCUT2D eigenvalue weighted by atomic mass is 16.2. The Kier molecular flexibility index (Phi) is 11.7. The zero-order chi connectivity index (χ0) is 33.0. The fourth-order valence-electron chi connectivity index (χ4n) is 6.09. The van der Waals surface area contributed by atoms with E-state index in [2.05, 4.69) is 27.8 Å². The first-order valence-corrected chi connectivity index (χ1v) is 15.5. The SMILES string of the molecule is C=CCNC(=O)C(=O)C(CCC)NC(=O)[C@@H]1[C@@H]2[C@H](CN1C(=O)[C@@H](NC(=O)N[C@H](C(=O)C(C)C)C(C)C)C(C)(C)C)C2(C)C. The van der Waals surface area contributed by atoms with E-state index in [0.717, 1.165) is 0 Å². The zero-order valence-corrected chi connectivity index (χ0v) is 27.6. The monoisotopic (exact) mass is 603 g/mol. The van der Waals surface area contributed by atoms with Crippen molar-refractivity contribution < 1.29 is 28.8 Å². The second kappa shape index (κ2) is 14.0. The zero-order valence-electron chi connectivity index (χ0n) is 27.6. The molecule has 0 bridgehead atoms. The van der Waals surface area contributed by atoms with Crippen LogP contribution in [0.5, 0.6) is 0 Å². The lowest BCUT2D eigenvalue weighted by Gasteiger charge is -2.38. The third-order valence-corrected chi connectivity index (χ3v) is 8.82. The quantitative estimate of drug-likeness (QED) is 0.177. The number of carbonyl (C=O) groups is 6. The molecule has 242 valence electrons. The first-order chi connectivity index (χ1) is 19.8. The summed E-state index contributed by atoms with van der Waals surface area (Å²) in [5, 5.41) is 10.8. The number of fused-ring (bicyclic) bond motifs is 1. The average molecular weight is 604 g/mol. The summed E-state index contributed by atoms with van der Waals surface area (Å²) >= 11 is 0. The molecule has 1 saturated carbocycles. The summed E-state index contributed by atoms with van der Waals surface area (Å²) in [6.07, 6.45) is 2.28. The van der Waals surface area contributed by atoms with Gasteiger partial charge in [0.2, 0.25) is 17.6 Å². The normalized spacial score (nSPS) is 22.6. The molecule has 2 aliphatic rings. The largest absolute Gasteiger partial charge is 0.346 e. The van der Waals surface area contributed by atoms with Crippen LogP contribution in [0.3, 0.4) is 0 Å². The first-order valence-electron chi connectivity index (χ1n) is 15.5. The van der Waals surface area contributed by atoms with Crippen molar-refractivity contribution in [3.63, 3.8) is 0 Å². The van der Waals surface area contributed by atoms with Crippen LogP contribution < -0.4 is 21.3 Å². The van der Waals surface area contributed by atoms with Gasteiger partial charge in [-0.15, -0.1) is 6.58 Å². The number of nitrogens with one attached hydrogen (secondary N) is 4. The van der Waals surface area contributed by atoms with Gasteiger partial charge in [0.05, 0.1) is 12.1 Å². The molecule has 0 aromatic carbocycles. The molecule has 1 saturated heterocycles. The second-order valence-corrected chi connectivity index (χ2v) is 14.3. The van der Waals surface area contributed by atoms with Crippen molar-refractivity contribution in [3.8, 4) is 0 Å². The molecule has 1 unspecified atom stereocenters. The van der Waals surface area contributed by atoms with Crippen molar-refractivity contribution in [2.45, 2.75) is 106 Å². The topological polar surface area (TPSA) is 154 Å². The van der Waals surface area contributed by atoms with Crippen molar-refractivity contribution in [1.29, 1.82) is 0 Å². The summed E-state index contributed by atoms with van der Waals surface area (Å²) in [5.41, 5.74) is -0.912. The minimum absolute atomic E-state index is 0.0758. The van der Waals surface area contributed by atoms with Crippen molar-refractivity contribution in [3.05, 3.63) is 12.7 Å². The summed E-state index contributed by atoms with van der Waals surface area (Å²) < 4.78 is 0. The van der Waals surface area contributed by atoms with Gasteiger partial charge in [-0.05, 0) is 35.0 Å². The molecule has 5 amide bonds. The Morgan fingerprint density at radius 2 is 1.60 bits per heavy atom. The summed E-state index contributed by atoms with van der Waals surface area (Å²) in [7, 11) is 0. The molecule has 0 aromatic rings. The van der Waals surface area contributed by atoms with Crippen molar-refractivity contribution in [2.75, 3.05) is 13.1 Å². The number of hydrogen-bond acceptors (Lipinski definition) is 6. The minimum Gasteiger partial charge on any atom is -0.346 e. The Morgan fingerprint density at radius 3 is 2.09 bits per heavy atom. The van der Waals surface area contributed by atoms with Gasteiger partial charge in [-0.2, -0.15) is 0 Å². The number of nitrogens with zero attached hydrogens (tertiary/aromatic N) is 1. The Balaban J connectivity index is 2.32. The van der Waals surface area contributed by atoms with Gasteiger partial charge in [0, 0.05) is 19.0 Å². The number of ketones is 2. The Labute approximate surface area is 256 Å². The Morgan fingerprint density at radius 1 is 1.00 bits per heavy atom. The second-order valence-electron chi connectivity index (χ2n) is 14.3. The lowest BCUT2D eigenvalue weighted by Crippen LogP contribution is -2.62. The Bertz CT molecular complexity index is 1110. The molecule has 11 heteroatoms. The van der Waals surface area contributed by atoms with Gasteiger partial charge < -0.3 is 26.2 Å². The number of rotatable bonds is 14. The number of likely N-dealkylation sites (tertiary alicyclic amines) is 1. The number of piperidine rings is 1. The maximum atomic E-state index is 14.1. The molecule has 1 heterocycles. The highest BCUT2D eigenvalue weighted by molar-refractivity contribution is 6.38. The van der Waals surface area contributed by atoms with Crippen LogP contribution in [0.25, 0.3) is 0 Å². The van der Waals surface area contributed by atoms with Gasteiger partial charge in [-0.1, -0.05) is 81.7 Å². The molecule has 0 spiro atoms. The van der Waals surface area contributed by atoms with Crippen LogP contribution in [-0.2, 0) is 24.0 Å². The fraction of sp³-hybridized carbons (Fsp3) is 0.750. The lowest BCUT2D eigenvalue weighted by atomic mass is 9.85. The van der Waals surface area contributed by atoms with E-state index in [0.29, 0.717) is 13.0 Å². The van der Waals surface area contributed by atoms with Gasteiger partial charge in [-0.25, -0.2) is 4.79 Å². The van der Waals surface area contributed by atoms with E-state index < -0.39 is 59.1 Å². The van der Waals surface area contributed by atoms with Crippen LogP contribution in [0.4, 0.5) is 4.79 Å². The third-order valence-electron chi connectivity index (χ3n) is 8.82. The van der Waals surface area contributed by atoms with E-state index in [4.69, 9.17) is 0 Å². The van der Waals surface area contributed by atoms with Gasteiger partial charge >= 0.3 is 6.03 Å². The van der Waals surface area contributed by atoms with Crippen LogP contribution in [-0.4, -0.2) is 77.5 Å². The third kappa shape index (κ3) is 8.23. The molecular formula is C32H53N5O6. The first kappa shape index (κ1) is 36.0. The van der Waals surface area contributed by atoms with E-state index in [1.165, 1.54) is 11.0 Å². The van der Waals surface area contributed by atoms with E-state index in [1.807, 2.05) is 55.4 Å².